The van der Waals surface area contributed by atoms with Gasteiger partial charge in [-0.15, -0.1) is 0 Å². The number of carbonyl (C=O) groups is 1. The number of carbonyl (C=O) groups excluding carboxylic acids is 1. The molecule has 0 aliphatic carbocycles. The number of rotatable bonds is 5. The van der Waals surface area contributed by atoms with Crippen molar-refractivity contribution in [2.75, 3.05) is 20.8 Å². The molecule has 0 bridgehead atoms. The molecular formula is C14H19FN2O3. The molecular weight excluding hydrogens is 263 g/mol. The molecule has 0 spiro atoms. The number of ether oxygens (including phenoxy) is 2. The van der Waals surface area contributed by atoms with Crippen molar-refractivity contribution in [3.8, 4) is 5.75 Å². The van der Waals surface area contributed by atoms with E-state index in [-0.39, 0.29) is 11.9 Å². The van der Waals surface area contributed by atoms with Crippen molar-refractivity contribution in [2.24, 2.45) is 5.73 Å². The molecule has 5 nitrogen and oxygen atoms in total. The molecule has 2 rings (SSSR count). The molecule has 0 radical (unpaired) electrons. The highest BCUT2D eigenvalue weighted by atomic mass is 19.1. The van der Waals surface area contributed by atoms with Crippen molar-refractivity contribution in [1.29, 1.82) is 0 Å². The minimum Gasteiger partial charge on any atom is -0.494 e. The van der Waals surface area contributed by atoms with Crippen LogP contribution in [0.25, 0.3) is 0 Å². The molecule has 1 aliphatic heterocycles. The molecule has 2 atom stereocenters. The molecule has 1 aromatic rings. The van der Waals surface area contributed by atoms with Crippen molar-refractivity contribution in [2.45, 2.75) is 25.1 Å². The molecule has 0 unspecified atom stereocenters. The van der Waals surface area contributed by atoms with E-state index in [2.05, 4.69) is 0 Å². The standard InChI is InChI=1S/C14H19FN2O3/c1-19-10-6-11(14(16)18)17(8-10)7-9-4-3-5-12(20-2)13(9)15/h3-5,10-11H,6-8H2,1-2H3,(H2,16,18)/t10-,11-/m0/s1. The van der Waals surface area contributed by atoms with Crippen molar-refractivity contribution in [3.05, 3.63) is 29.6 Å². The second kappa shape index (κ2) is 6.19. The highest BCUT2D eigenvalue weighted by Crippen LogP contribution is 2.26. The van der Waals surface area contributed by atoms with E-state index in [1.807, 2.05) is 4.90 Å². The minimum absolute atomic E-state index is 0.0545. The van der Waals surface area contributed by atoms with E-state index in [0.717, 1.165) is 0 Å². The molecule has 20 heavy (non-hydrogen) atoms. The zero-order valence-electron chi connectivity index (χ0n) is 11.6. The van der Waals surface area contributed by atoms with Crippen LogP contribution in [0.5, 0.6) is 5.75 Å². The first-order valence-corrected chi connectivity index (χ1v) is 6.44. The van der Waals surface area contributed by atoms with E-state index in [1.165, 1.54) is 7.11 Å². The monoisotopic (exact) mass is 282 g/mol. The van der Waals surface area contributed by atoms with Crippen LogP contribution < -0.4 is 10.5 Å². The quantitative estimate of drug-likeness (QED) is 0.872. The van der Waals surface area contributed by atoms with Crippen molar-refractivity contribution in [3.63, 3.8) is 0 Å². The maximum absolute atomic E-state index is 14.1. The summed E-state index contributed by atoms with van der Waals surface area (Å²) in [5.74, 6) is -0.618. The van der Waals surface area contributed by atoms with Gasteiger partial charge in [-0.2, -0.15) is 0 Å². The molecule has 2 N–H and O–H groups in total. The Morgan fingerprint density at radius 1 is 1.50 bits per heavy atom. The van der Waals surface area contributed by atoms with Crippen molar-refractivity contribution < 1.29 is 18.7 Å². The van der Waals surface area contributed by atoms with Crippen LogP contribution in [0.1, 0.15) is 12.0 Å². The van der Waals surface area contributed by atoms with E-state index in [4.69, 9.17) is 15.2 Å². The number of benzene rings is 1. The average Bonchev–Trinajstić information content (AvgIpc) is 2.84. The topological polar surface area (TPSA) is 64.8 Å². The van der Waals surface area contributed by atoms with Gasteiger partial charge in [-0.1, -0.05) is 12.1 Å². The SMILES string of the molecule is COc1cccc(CN2C[C@@H](OC)C[C@H]2C(N)=O)c1F. The molecule has 0 saturated carbocycles. The number of halogens is 1. The van der Waals surface area contributed by atoms with Gasteiger partial charge < -0.3 is 15.2 Å². The maximum Gasteiger partial charge on any atom is 0.234 e. The first-order chi connectivity index (χ1) is 9.56. The summed E-state index contributed by atoms with van der Waals surface area (Å²) in [6.07, 6.45) is 0.485. The van der Waals surface area contributed by atoms with Crippen LogP contribution in [0, 0.1) is 5.82 Å². The summed E-state index contributed by atoms with van der Waals surface area (Å²) in [6.45, 7) is 0.858. The minimum atomic E-state index is -0.425. The number of hydrogen-bond acceptors (Lipinski definition) is 4. The number of nitrogens with two attached hydrogens (primary N) is 1. The fourth-order valence-corrected chi connectivity index (χ4v) is 2.56. The second-order valence-electron chi connectivity index (χ2n) is 4.87. The van der Waals surface area contributed by atoms with Crippen LogP contribution >= 0.6 is 0 Å². The van der Waals surface area contributed by atoms with Gasteiger partial charge >= 0.3 is 0 Å². The van der Waals surface area contributed by atoms with Crippen LogP contribution in [0.3, 0.4) is 0 Å². The number of methoxy groups -OCH3 is 2. The maximum atomic E-state index is 14.1. The Kier molecular flexibility index (Phi) is 4.57. The lowest BCUT2D eigenvalue weighted by molar-refractivity contribution is -0.122. The van der Waals surface area contributed by atoms with Gasteiger partial charge in [0.25, 0.3) is 0 Å². The van der Waals surface area contributed by atoms with Gasteiger partial charge in [-0.3, -0.25) is 9.69 Å². The Morgan fingerprint density at radius 2 is 2.25 bits per heavy atom. The van der Waals surface area contributed by atoms with Crippen molar-refractivity contribution >= 4 is 5.91 Å². The third kappa shape index (κ3) is 2.91. The Balaban J connectivity index is 2.18. The largest absolute Gasteiger partial charge is 0.494 e. The molecule has 6 heteroatoms. The molecule has 1 heterocycles. The van der Waals surface area contributed by atoms with Gasteiger partial charge in [0.1, 0.15) is 0 Å². The summed E-state index contributed by atoms with van der Waals surface area (Å²) >= 11 is 0. The summed E-state index contributed by atoms with van der Waals surface area (Å²) in [5.41, 5.74) is 5.88. The fraction of sp³-hybridized carbons (Fsp3) is 0.500. The molecule has 0 aromatic heterocycles. The van der Waals surface area contributed by atoms with Crippen LogP contribution in [-0.4, -0.2) is 43.7 Å². The zero-order chi connectivity index (χ0) is 14.7. The summed E-state index contributed by atoms with van der Waals surface area (Å²) in [6, 6.07) is 4.54. The van der Waals surface area contributed by atoms with E-state index in [9.17, 15) is 9.18 Å². The van der Waals surface area contributed by atoms with E-state index < -0.39 is 17.8 Å². The van der Waals surface area contributed by atoms with Crippen LogP contribution in [0.4, 0.5) is 4.39 Å². The van der Waals surface area contributed by atoms with Gasteiger partial charge in [0.05, 0.1) is 19.3 Å². The Bertz CT molecular complexity index is 495. The number of amides is 1. The van der Waals surface area contributed by atoms with Gasteiger partial charge in [0, 0.05) is 25.8 Å². The average molecular weight is 282 g/mol. The van der Waals surface area contributed by atoms with E-state index in [0.29, 0.717) is 25.1 Å². The molecule has 1 fully saturated rings. The predicted molar refractivity (Wildman–Crippen MR) is 71.8 cm³/mol. The number of primary amides is 1. The number of nitrogens with zero attached hydrogens (tertiary/aromatic N) is 1. The second-order valence-corrected chi connectivity index (χ2v) is 4.87. The van der Waals surface area contributed by atoms with Crippen LogP contribution in [-0.2, 0) is 16.1 Å². The highest BCUT2D eigenvalue weighted by molar-refractivity contribution is 5.80. The lowest BCUT2D eigenvalue weighted by Gasteiger charge is -2.22. The molecule has 1 amide bonds. The molecule has 1 aliphatic rings. The Morgan fingerprint density at radius 3 is 2.85 bits per heavy atom. The van der Waals surface area contributed by atoms with Gasteiger partial charge in [-0.05, 0) is 12.5 Å². The fourth-order valence-electron chi connectivity index (χ4n) is 2.56. The summed E-state index contributed by atoms with van der Waals surface area (Å²) < 4.78 is 24.4. The zero-order valence-corrected chi connectivity index (χ0v) is 11.6. The van der Waals surface area contributed by atoms with Gasteiger partial charge in [0.15, 0.2) is 11.6 Å². The third-order valence-electron chi connectivity index (χ3n) is 3.66. The predicted octanol–water partition coefficient (Wildman–Crippen LogP) is 0.909. The van der Waals surface area contributed by atoms with E-state index in [1.54, 1.807) is 25.3 Å². The summed E-state index contributed by atoms with van der Waals surface area (Å²) in [4.78, 5) is 13.3. The molecule has 110 valence electrons. The first kappa shape index (κ1) is 14.7. The van der Waals surface area contributed by atoms with Crippen LogP contribution in [0.2, 0.25) is 0 Å². The molecule has 1 aromatic carbocycles. The van der Waals surface area contributed by atoms with Crippen molar-refractivity contribution in [1.82, 2.24) is 4.90 Å². The normalized spacial score (nSPS) is 22.9. The van der Waals surface area contributed by atoms with Gasteiger partial charge in [0.2, 0.25) is 5.91 Å². The number of hydrogen-bond donors (Lipinski definition) is 1. The summed E-state index contributed by atoms with van der Waals surface area (Å²) in [7, 11) is 3.02. The Labute approximate surface area is 117 Å². The Hall–Kier alpha value is -1.66. The molecule has 1 saturated heterocycles. The number of likely N-dealkylation sites (tertiary alicyclic amines) is 1. The first-order valence-electron chi connectivity index (χ1n) is 6.44. The third-order valence-corrected chi connectivity index (χ3v) is 3.66. The van der Waals surface area contributed by atoms with Crippen LogP contribution in [0.15, 0.2) is 18.2 Å². The van der Waals surface area contributed by atoms with E-state index >= 15 is 0 Å². The van der Waals surface area contributed by atoms with Gasteiger partial charge in [-0.25, -0.2) is 4.39 Å². The lowest BCUT2D eigenvalue weighted by atomic mass is 10.1. The lowest BCUT2D eigenvalue weighted by Crippen LogP contribution is -2.39. The highest BCUT2D eigenvalue weighted by Gasteiger charge is 2.36. The summed E-state index contributed by atoms with van der Waals surface area (Å²) in [5, 5.41) is 0. The smallest absolute Gasteiger partial charge is 0.234 e.